The predicted molar refractivity (Wildman–Crippen MR) is 417 cm³/mol. The van der Waals surface area contributed by atoms with E-state index in [1.54, 1.807) is 0 Å². The van der Waals surface area contributed by atoms with Crippen LogP contribution in [0.3, 0.4) is 0 Å². The van der Waals surface area contributed by atoms with Crippen molar-refractivity contribution in [3.8, 4) is 0 Å². The lowest BCUT2D eigenvalue weighted by atomic mass is 10.1. The van der Waals surface area contributed by atoms with Crippen LogP contribution in [0.15, 0.2) is 170 Å². The number of phosphoric acid groups is 2. The molecule has 0 fully saturated rings. The Balaban J connectivity index is 5.47. The van der Waals surface area contributed by atoms with E-state index in [1.165, 1.54) is 25.7 Å². The summed E-state index contributed by atoms with van der Waals surface area (Å²) in [5.41, 5.74) is 0. The van der Waals surface area contributed by atoms with Gasteiger partial charge < -0.3 is 33.8 Å². The summed E-state index contributed by atoms with van der Waals surface area (Å²) in [4.78, 5) is 72.8. The van der Waals surface area contributed by atoms with Gasteiger partial charge >= 0.3 is 39.5 Å². The Morgan fingerprint density at radius 2 is 0.549 bits per heavy atom. The zero-order chi connectivity index (χ0) is 74.6. The molecule has 0 aromatic carbocycles. The first-order valence-corrected chi connectivity index (χ1v) is 41.4. The van der Waals surface area contributed by atoms with Crippen LogP contribution in [0.4, 0.5) is 0 Å². The van der Waals surface area contributed by atoms with Gasteiger partial charge in [0.2, 0.25) is 0 Å². The minimum Gasteiger partial charge on any atom is -0.462 e. The molecule has 0 amide bonds. The fourth-order valence-corrected chi connectivity index (χ4v) is 10.9. The van der Waals surface area contributed by atoms with Gasteiger partial charge in [-0.05, 0) is 154 Å². The Labute approximate surface area is 616 Å². The lowest BCUT2D eigenvalue weighted by Gasteiger charge is -2.21. The molecule has 0 aromatic rings. The Morgan fingerprint density at radius 3 is 0.912 bits per heavy atom. The van der Waals surface area contributed by atoms with E-state index in [0.717, 1.165) is 154 Å². The number of ether oxygens (including phenoxy) is 4. The first-order valence-electron chi connectivity index (χ1n) is 38.4. The number of aliphatic hydroxyl groups is 1. The van der Waals surface area contributed by atoms with Crippen LogP contribution in [-0.4, -0.2) is 96.7 Å². The second kappa shape index (κ2) is 73.7. The average Bonchev–Trinajstić information content (AvgIpc) is 0.939. The van der Waals surface area contributed by atoms with Crippen molar-refractivity contribution in [2.24, 2.45) is 0 Å². The fraction of sp³-hybridized carbons (Fsp3) is 0.614. The quantitative estimate of drug-likeness (QED) is 0.0169. The average molecular weight is 1470 g/mol. The fourth-order valence-electron chi connectivity index (χ4n) is 9.35. The minimum absolute atomic E-state index is 0.0264. The van der Waals surface area contributed by atoms with Gasteiger partial charge in [-0.1, -0.05) is 262 Å². The number of rotatable bonds is 70. The zero-order valence-corrected chi connectivity index (χ0v) is 64.8. The van der Waals surface area contributed by atoms with Crippen molar-refractivity contribution in [1.29, 1.82) is 0 Å². The van der Waals surface area contributed by atoms with Gasteiger partial charge in [-0.3, -0.25) is 37.3 Å². The van der Waals surface area contributed by atoms with Crippen LogP contribution in [0, 0.1) is 0 Å². The summed E-state index contributed by atoms with van der Waals surface area (Å²) in [5, 5.41) is 10.6. The third-order valence-corrected chi connectivity index (χ3v) is 17.1. The molecule has 5 unspecified atom stereocenters. The van der Waals surface area contributed by atoms with Crippen molar-refractivity contribution >= 4 is 39.5 Å². The second-order valence-corrected chi connectivity index (χ2v) is 27.7. The van der Waals surface area contributed by atoms with Crippen LogP contribution < -0.4 is 0 Å². The van der Waals surface area contributed by atoms with Crippen LogP contribution in [0.2, 0.25) is 0 Å². The summed E-state index contributed by atoms with van der Waals surface area (Å²) in [6.07, 6.45) is 86.6. The van der Waals surface area contributed by atoms with E-state index < -0.39 is 97.5 Å². The molecule has 0 radical (unpaired) electrons. The monoisotopic (exact) mass is 1460 g/mol. The standard InChI is InChI=1S/C83H134O17P2/c1-5-9-13-17-21-25-29-32-35-37-38-40-43-45-49-52-56-60-64-68-81(86)94-74-79(100-83(88)70-66-62-58-54-50-46-41-34-31-27-23-19-15-11-7-3)76-98-102(91,92)96-72-77(84)71-95-101(89,90)97-75-78(99-82(87)69-65-61-57-53-47-28-24-20-16-12-8-4)73-93-80(85)67-63-59-55-51-48-44-42-39-36-33-30-26-22-18-14-10-6-2/h9-10,13-14,20-27,32-36,38,40-42,44-45,49,51,55-56,60,77-79,84H,5-8,11-12,15-19,28-31,37,39,43,46-48,50,52-54,57-59,61-76H2,1-4H3,(H,89,90)(H,91,92)/b13-9-,14-10-,24-20-,25-21-,26-22-,27-23-,35-32-,36-33-,40-38-,41-34-,44-42-,49-45-,55-51-,60-56-. The summed E-state index contributed by atoms with van der Waals surface area (Å²) in [5.74, 6) is -2.38. The molecule has 0 spiro atoms. The van der Waals surface area contributed by atoms with E-state index in [4.69, 9.17) is 37.0 Å². The molecule has 3 N–H and O–H groups in total. The molecule has 0 aliphatic carbocycles. The van der Waals surface area contributed by atoms with Crippen molar-refractivity contribution in [1.82, 2.24) is 0 Å². The van der Waals surface area contributed by atoms with E-state index in [2.05, 4.69) is 167 Å². The first kappa shape index (κ1) is 96.4. The number of carbonyl (C=O) groups excluding carboxylic acids is 4. The molecule has 5 atom stereocenters. The van der Waals surface area contributed by atoms with Gasteiger partial charge in [0.1, 0.15) is 19.3 Å². The molecule has 0 saturated carbocycles. The lowest BCUT2D eigenvalue weighted by Crippen LogP contribution is -2.30. The number of hydrogen-bond donors (Lipinski definition) is 3. The summed E-state index contributed by atoms with van der Waals surface area (Å²) >= 11 is 0. The number of esters is 4. The van der Waals surface area contributed by atoms with Gasteiger partial charge in [0.05, 0.1) is 26.4 Å². The molecule has 0 aliphatic heterocycles. The maximum atomic E-state index is 13.1. The topological polar surface area (TPSA) is 237 Å². The van der Waals surface area contributed by atoms with Gasteiger partial charge in [0, 0.05) is 25.7 Å². The van der Waals surface area contributed by atoms with E-state index in [-0.39, 0.29) is 25.7 Å². The van der Waals surface area contributed by atoms with Gasteiger partial charge in [-0.25, -0.2) is 9.13 Å². The molecule has 0 rings (SSSR count). The highest BCUT2D eigenvalue weighted by Crippen LogP contribution is 2.45. The maximum Gasteiger partial charge on any atom is 0.472 e. The number of aliphatic hydroxyl groups excluding tert-OH is 1. The molecule has 0 saturated heterocycles. The highest BCUT2D eigenvalue weighted by molar-refractivity contribution is 7.47. The Bertz CT molecular complexity index is 2600. The highest BCUT2D eigenvalue weighted by atomic mass is 31.2. The van der Waals surface area contributed by atoms with Gasteiger partial charge in [-0.15, -0.1) is 0 Å². The van der Waals surface area contributed by atoms with E-state index in [9.17, 15) is 43.2 Å². The summed E-state index contributed by atoms with van der Waals surface area (Å²) in [6.45, 7) is 4.37. The SMILES string of the molecule is CC/C=C\C/C=C\C/C=C\C/C=C\C/C=C\C/C=C\CCC(=O)OCC(COP(=O)(O)OCC(O)COP(=O)(O)OCC(COC(=O)CCC/C=C\C/C=C\C/C=C\C/C=C\C/C=C\CC)OC(=O)CCCCCCC/C=C\CCCC)OC(=O)CCCCCCC/C=C\C/C=C\CCCCC. The van der Waals surface area contributed by atoms with Gasteiger partial charge in [0.15, 0.2) is 12.2 Å². The van der Waals surface area contributed by atoms with Crippen LogP contribution in [0.5, 0.6) is 0 Å². The molecule has 102 heavy (non-hydrogen) atoms. The predicted octanol–water partition coefficient (Wildman–Crippen LogP) is 22.2. The largest absolute Gasteiger partial charge is 0.472 e. The van der Waals surface area contributed by atoms with Crippen LogP contribution >= 0.6 is 15.6 Å². The van der Waals surface area contributed by atoms with Gasteiger partial charge in [0.25, 0.3) is 0 Å². The molecular weight excluding hydrogens is 1330 g/mol. The maximum absolute atomic E-state index is 13.1. The molecule has 0 aromatic heterocycles. The molecule has 0 bridgehead atoms. The second-order valence-electron chi connectivity index (χ2n) is 24.8. The van der Waals surface area contributed by atoms with E-state index in [1.807, 2.05) is 30.4 Å². The molecule has 17 nitrogen and oxygen atoms in total. The first-order chi connectivity index (χ1) is 49.7. The van der Waals surface area contributed by atoms with Crippen LogP contribution in [0.25, 0.3) is 0 Å². The number of carbonyl (C=O) groups is 4. The third-order valence-electron chi connectivity index (χ3n) is 15.2. The van der Waals surface area contributed by atoms with Gasteiger partial charge in [-0.2, -0.15) is 0 Å². The highest BCUT2D eigenvalue weighted by Gasteiger charge is 2.30. The zero-order valence-electron chi connectivity index (χ0n) is 63.0. The van der Waals surface area contributed by atoms with Crippen LogP contribution in [-0.2, 0) is 65.4 Å². The minimum atomic E-state index is -5.01. The Morgan fingerprint density at radius 1 is 0.284 bits per heavy atom. The molecule has 578 valence electrons. The molecular formula is C83H134O17P2. The Kier molecular flexibility index (Phi) is 69.7. The third kappa shape index (κ3) is 72.8. The molecule has 19 heteroatoms. The normalized spacial score (nSPS) is 14.9. The summed E-state index contributed by atoms with van der Waals surface area (Å²) in [7, 11) is -10.0. The van der Waals surface area contributed by atoms with Crippen molar-refractivity contribution in [3.63, 3.8) is 0 Å². The van der Waals surface area contributed by atoms with Crippen molar-refractivity contribution in [2.45, 2.75) is 290 Å². The van der Waals surface area contributed by atoms with Crippen molar-refractivity contribution < 1.29 is 80.2 Å². The van der Waals surface area contributed by atoms with E-state index >= 15 is 0 Å². The summed E-state index contributed by atoms with van der Waals surface area (Å²) in [6, 6.07) is 0. The Hall–Kier alpha value is -5.58. The van der Waals surface area contributed by atoms with Crippen molar-refractivity contribution in [3.05, 3.63) is 170 Å². The summed E-state index contributed by atoms with van der Waals surface area (Å²) < 4.78 is 68.3. The van der Waals surface area contributed by atoms with E-state index in [0.29, 0.717) is 38.5 Å². The van der Waals surface area contributed by atoms with Crippen LogP contribution in [0.1, 0.15) is 272 Å². The number of hydrogen-bond acceptors (Lipinski definition) is 15. The number of phosphoric ester groups is 2. The number of unbranched alkanes of at least 4 members (excludes halogenated alkanes) is 16. The molecule has 0 heterocycles. The number of allylic oxidation sites excluding steroid dienone is 28. The smallest absolute Gasteiger partial charge is 0.462 e. The lowest BCUT2D eigenvalue weighted by molar-refractivity contribution is -0.161. The van der Waals surface area contributed by atoms with Crippen molar-refractivity contribution in [2.75, 3.05) is 39.6 Å². The molecule has 0 aliphatic rings.